The number of benzene rings is 3. The van der Waals surface area contributed by atoms with E-state index in [4.69, 9.17) is 9.72 Å². The van der Waals surface area contributed by atoms with Crippen LogP contribution in [-0.4, -0.2) is 58.5 Å². The molecule has 4 aromatic rings. The maximum atomic E-state index is 13.3. The van der Waals surface area contributed by atoms with Crippen molar-refractivity contribution in [3.8, 4) is 16.3 Å². The standard InChI is InChI=1S/C38H42F3N3O4S/c1-24(2)26-8-13-30(14-9-26)44-20-18-43(19-21-44)23-31-34(49-35(42-31)27-6-11-29(12-7-27)38(39,40)41)17-15-32(45)28-10-16-33(25(3)22-28)48-37(4,5)36(46)47/h6-14,16,22,24H,15,17-21,23H2,1-5H3,(H,46,47). The Bertz CT molecular complexity index is 1780. The van der Waals surface area contributed by atoms with Gasteiger partial charge in [0.15, 0.2) is 11.4 Å². The van der Waals surface area contributed by atoms with Crippen molar-refractivity contribution in [1.82, 2.24) is 9.88 Å². The van der Waals surface area contributed by atoms with Crippen LogP contribution in [0, 0.1) is 6.92 Å². The number of piperazine rings is 1. The molecule has 1 fully saturated rings. The van der Waals surface area contributed by atoms with E-state index in [1.165, 1.54) is 48.6 Å². The summed E-state index contributed by atoms with van der Waals surface area (Å²) in [7, 11) is 0. The molecule has 0 bridgehead atoms. The van der Waals surface area contributed by atoms with Crippen molar-refractivity contribution in [2.45, 2.75) is 71.7 Å². The van der Waals surface area contributed by atoms with E-state index in [0.717, 1.165) is 48.9 Å². The summed E-state index contributed by atoms with van der Waals surface area (Å²) in [5.41, 5.74) is 2.94. The molecule has 0 amide bonds. The minimum atomic E-state index is -4.42. The molecule has 1 aromatic heterocycles. The summed E-state index contributed by atoms with van der Waals surface area (Å²) in [6.45, 7) is 13.0. The molecule has 5 rings (SSSR count). The maximum Gasteiger partial charge on any atom is 0.416 e. The molecule has 2 heterocycles. The minimum absolute atomic E-state index is 0.0836. The maximum absolute atomic E-state index is 13.3. The van der Waals surface area contributed by atoms with Crippen molar-refractivity contribution in [1.29, 1.82) is 0 Å². The van der Waals surface area contributed by atoms with E-state index in [2.05, 4.69) is 47.9 Å². The fourth-order valence-corrected chi connectivity index (χ4v) is 6.78. The number of hydrogen-bond acceptors (Lipinski definition) is 7. The molecule has 260 valence electrons. The van der Waals surface area contributed by atoms with Gasteiger partial charge >= 0.3 is 12.1 Å². The highest BCUT2D eigenvalue weighted by molar-refractivity contribution is 7.15. The Hall–Kier alpha value is -4.22. The summed E-state index contributed by atoms with van der Waals surface area (Å²) in [5, 5.41) is 10.0. The number of alkyl halides is 3. The number of aliphatic carboxylic acids is 1. The van der Waals surface area contributed by atoms with Gasteiger partial charge in [0.25, 0.3) is 0 Å². The molecule has 0 radical (unpaired) electrons. The molecule has 0 aliphatic carbocycles. The quantitative estimate of drug-likeness (QED) is 0.149. The normalized spacial score (nSPS) is 14.3. The minimum Gasteiger partial charge on any atom is -0.478 e. The first-order valence-electron chi connectivity index (χ1n) is 16.4. The van der Waals surface area contributed by atoms with Crippen LogP contribution in [0.2, 0.25) is 0 Å². The van der Waals surface area contributed by atoms with E-state index in [1.54, 1.807) is 25.1 Å². The van der Waals surface area contributed by atoms with E-state index in [9.17, 15) is 27.9 Å². The van der Waals surface area contributed by atoms with Gasteiger partial charge in [-0.05, 0) is 86.7 Å². The number of hydrogen-bond donors (Lipinski definition) is 1. The molecule has 1 aliphatic rings. The molecule has 0 spiro atoms. The van der Waals surface area contributed by atoms with E-state index >= 15 is 0 Å². The van der Waals surface area contributed by atoms with Crippen molar-refractivity contribution in [2.75, 3.05) is 31.1 Å². The average molecular weight is 694 g/mol. The fourth-order valence-electron chi connectivity index (χ4n) is 5.70. The SMILES string of the molecule is Cc1cc(C(=O)CCc2sc(-c3ccc(C(F)(F)F)cc3)nc2CN2CCN(c3ccc(C(C)C)cc3)CC2)ccc1OC(C)(C)C(=O)O. The highest BCUT2D eigenvalue weighted by atomic mass is 32.1. The summed E-state index contributed by atoms with van der Waals surface area (Å²) in [4.78, 5) is 35.4. The number of carboxylic acids is 1. The lowest BCUT2D eigenvalue weighted by atomic mass is 10.0. The first-order valence-corrected chi connectivity index (χ1v) is 17.2. The highest BCUT2D eigenvalue weighted by Crippen LogP contribution is 2.34. The van der Waals surface area contributed by atoms with Gasteiger partial charge in [-0.1, -0.05) is 38.1 Å². The van der Waals surface area contributed by atoms with Gasteiger partial charge in [0.2, 0.25) is 0 Å². The molecule has 11 heteroatoms. The van der Waals surface area contributed by atoms with Gasteiger partial charge in [0, 0.05) is 60.8 Å². The Morgan fingerprint density at radius 2 is 1.61 bits per heavy atom. The monoisotopic (exact) mass is 693 g/mol. The number of aromatic nitrogens is 1. The third-order valence-corrected chi connectivity index (χ3v) is 10.1. The predicted molar refractivity (Wildman–Crippen MR) is 187 cm³/mol. The number of anilines is 1. The zero-order valence-electron chi connectivity index (χ0n) is 28.4. The van der Waals surface area contributed by atoms with E-state index < -0.39 is 23.3 Å². The summed E-state index contributed by atoms with van der Waals surface area (Å²) >= 11 is 1.41. The average Bonchev–Trinajstić information content (AvgIpc) is 3.46. The molecule has 3 aromatic carbocycles. The largest absolute Gasteiger partial charge is 0.478 e. The van der Waals surface area contributed by atoms with Gasteiger partial charge in [-0.15, -0.1) is 11.3 Å². The van der Waals surface area contributed by atoms with Crippen molar-refractivity contribution >= 4 is 28.8 Å². The van der Waals surface area contributed by atoms with Crippen LogP contribution in [0.5, 0.6) is 5.75 Å². The number of Topliss-reactive ketones (excluding diaryl/α,β-unsaturated/α-hetero) is 1. The Balaban J connectivity index is 1.30. The molecule has 1 saturated heterocycles. The van der Waals surface area contributed by atoms with Gasteiger partial charge in [-0.2, -0.15) is 13.2 Å². The first-order chi connectivity index (χ1) is 23.1. The van der Waals surface area contributed by atoms with Gasteiger partial charge < -0.3 is 14.7 Å². The number of carbonyl (C=O) groups excluding carboxylic acids is 1. The molecule has 0 atom stereocenters. The number of ketones is 1. The van der Waals surface area contributed by atoms with Gasteiger partial charge in [0.1, 0.15) is 10.8 Å². The number of aryl methyl sites for hydroxylation is 2. The second-order valence-electron chi connectivity index (χ2n) is 13.3. The fraction of sp³-hybridized carbons (Fsp3) is 0.395. The number of carboxylic acid groups (broad SMARTS) is 1. The second-order valence-corrected chi connectivity index (χ2v) is 14.4. The lowest BCUT2D eigenvalue weighted by molar-refractivity contribution is -0.152. The van der Waals surface area contributed by atoms with Crippen molar-refractivity contribution < 1.29 is 32.6 Å². The highest BCUT2D eigenvalue weighted by Gasteiger charge is 2.31. The van der Waals surface area contributed by atoms with Gasteiger partial charge in [-0.25, -0.2) is 9.78 Å². The summed E-state index contributed by atoms with van der Waals surface area (Å²) in [6.07, 6.45) is -3.79. The van der Waals surface area contributed by atoms with Crippen LogP contribution < -0.4 is 9.64 Å². The van der Waals surface area contributed by atoms with Gasteiger partial charge in [-0.3, -0.25) is 9.69 Å². The zero-order valence-corrected chi connectivity index (χ0v) is 29.3. The molecule has 0 saturated carbocycles. The smallest absolute Gasteiger partial charge is 0.416 e. The summed E-state index contributed by atoms with van der Waals surface area (Å²) in [5.74, 6) is -0.313. The topological polar surface area (TPSA) is 83.0 Å². The van der Waals surface area contributed by atoms with Crippen LogP contribution in [0.25, 0.3) is 10.6 Å². The van der Waals surface area contributed by atoms with Crippen molar-refractivity contribution in [3.63, 3.8) is 0 Å². The molecular formula is C38H42F3N3O4S. The number of rotatable bonds is 12. The van der Waals surface area contributed by atoms with Crippen molar-refractivity contribution in [3.05, 3.63) is 99.6 Å². The Morgan fingerprint density at radius 1 is 0.959 bits per heavy atom. The third kappa shape index (κ3) is 8.88. The molecule has 1 aliphatic heterocycles. The molecule has 0 unspecified atom stereocenters. The summed E-state index contributed by atoms with van der Waals surface area (Å²) in [6, 6.07) is 18.7. The first kappa shape index (κ1) is 36.1. The van der Waals surface area contributed by atoms with Crippen LogP contribution in [0.1, 0.15) is 77.7 Å². The third-order valence-electron chi connectivity index (χ3n) is 8.86. The van der Waals surface area contributed by atoms with Crippen LogP contribution in [0.4, 0.5) is 18.9 Å². The van der Waals surface area contributed by atoms with Crippen LogP contribution in [-0.2, 0) is 23.9 Å². The Kier molecular flexibility index (Phi) is 10.8. The number of thiazole rings is 1. The van der Waals surface area contributed by atoms with E-state index in [1.807, 2.05) is 0 Å². The van der Waals surface area contributed by atoms with E-state index in [-0.39, 0.29) is 12.2 Å². The lowest BCUT2D eigenvalue weighted by Crippen LogP contribution is -2.46. The van der Waals surface area contributed by atoms with Crippen molar-refractivity contribution in [2.24, 2.45) is 0 Å². The van der Waals surface area contributed by atoms with Crippen LogP contribution >= 0.6 is 11.3 Å². The van der Waals surface area contributed by atoms with Crippen LogP contribution in [0.3, 0.4) is 0 Å². The Morgan fingerprint density at radius 3 is 2.18 bits per heavy atom. The van der Waals surface area contributed by atoms with Crippen LogP contribution in [0.15, 0.2) is 66.7 Å². The number of carbonyl (C=O) groups is 2. The van der Waals surface area contributed by atoms with E-state index in [0.29, 0.717) is 46.3 Å². The molecule has 1 N–H and O–H groups in total. The summed E-state index contributed by atoms with van der Waals surface area (Å²) < 4.78 is 45.3. The Labute approximate surface area is 289 Å². The number of nitrogens with zero attached hydrogens (tertiary/aromatic N) is 3. The zero-order chi connectivity index (χ0) is 35.5. The molecule has 7 nitrogen and oxygen atoms in total. The number of ether oxygens (including phenoxy) is 1. The second kappa shape index (κ2) is 14.7. The molecule has 49 heavy (non-hydrogen) atoms. The lowest BCUT2D eigenvalue weighted by Gasteiger charge is -2.36. The number of halogens is 3. The predicted octanol–water partition coefficient (Wildman–Crippen LogP) is 8.64. The van der Waals surface area contributed by atoms with Gasteiger partial charge in [0.05, 0.1) is 11.3 Å². The molecular weight excluding hydrogens is 651 g/mol.